The van der Waals surface area contributed by atoms with Gasteiger partial charge in [-0.05, 0) is 10.7 Å². The second-order valence-corrected chi connectivity index (χ2v) is 4.23. The Bertz CT molecular complexity index is 135. The van der Waals surface area contributed by atoms with Gasteiger partial charge >= 0.3 is 32.7 Å². The van der Waals surface area contributed by atoms with E-state index in [1.807, 2.05) is 0 Å². The Hall–Kier alpha value is 1.34. The summed E-state index contributed by atoms with van der Waals surface area (Å²) in [5, 5.41) is 0. The zero-order chi connectivity index (χ0) is 8.62. The molecule has 0 aliphatic heterocycles. The number of halogens is 1. The molecule has 0 saturated carbocycles. The van der Waals surface area contributed by atoms with Gasteiger partial charge in [-0.15, -0.1) is 0 Å². The Morgan fingerprint density at radius 2 is 1.73 bits per heavy atom. The maximum atomic E-state index is 9.29. The maximum Gasteiger partial charge on any atom is 3.00 e. The molecular formula is C6H13ClO2SY+. The molecule has 0 spiro atoms. The predicted octanol–water partition coefficient (Wildman–Crippen LogP) is 2.35. The molecule has 0 aromatic carbocycles. The Morgan fingerprint density at radius 3 is 1.73 bits per heavy atom. The fourth-order valence-electron chi connectivity index (χ4n) is 0.250. The van der Waals surface area contributed by atoms with E-state index in [9.17, 15) is 8.42 Å². The van der Waals surface area contributed by atoms with Crippen LogP contribution in [0.1, 0.15) is 26.2 Å². The first-order valence-corrected chi connectivity index (χ1v) is 5.46. The average Bonchev–Trinajstić information content (AvgIpc) is 1.63. The van der Waals surface area contributed by atoms with Crippen LogP contribution in [0.5, 0.6) is 0 Å². The summed E-state index contributed by atoms with van der Waals surface area (Å²) in [5.74, 6) is 0. The Kier molecular flexibility index (Phi) is 18.8. The molecule has 0 fully saturated rings. The smallest absolute Gasteiger partial charge is 0.343 e. The first-order valence-electron chi connectivity index (χ1n) is 2.98. The van der Waals surface area contributed by atoms with Crippen LogP contribution in [0.15, 0.2) is 0 Å². The van der Waals surface area contributed by atoms with E-state index in [1.54, 1.807) is 0 Å². The van der Waals surface area contributed by atoms with Gasteiger partial charge in [0, 0.05) is 0 Å². The first-order chi connectivity index (χ1) is 4.41. The standard InChI is InChI=1S/C5H11.CH2ClO2S.Y/c1-3-5-4-2;1-5(2,3)4;/h1,3-5H2,2H3;1H2;/q2*-1;+3. The topological polar surface area (TPSA) is 34.1 Å². The zero-order valence-electron chi connectivity index (χ0n) is 6.72. The average molecular weight is 274 g/mol. The van der Waals surface area contributed by atoms with Crippen molar-refractivity contribution in [2.45, 2.75) is 26.2 Å². The SMILES string of the molecule is [CH2-]CCCC.[CH2-]S(=O)(=O)Cl.[Y+3]. The molecule has 0 aromatic rings. The van der Waals surface area contributed by atoms with Gasteiger partial charge < -0.3 is 6.92 Å². The summed E-state index contributed by atoms with van der Waals surface area (Å²) in [4.78, 5) is 0. The predicted molar refractivity (Wildman–Crippen MR) is 45.0 cm³/mol. The van der Waals surface area contributed by atoms with Crippen molar-refractivity contribution in [3.8, 4) is 0 Å². The molecule has 0 aromatic heterocycles. The molecule has 0 radical (unpaired) electrons. The van der Waals surface area contributed by atoms with Crippen LogP contribution in [0.2, 0.25) is 0 Å². The summed E-state index contributed by atoms with van der Waals surface area (Å²) in [5.41, 5.74) is 0. The van der Waals surface area contributed by atoms with E-state index >= 15 is 0 Å². The molecule has 11 heavy (non-hydrogen) atoms. The van der Waals surface area contributed by atoms with Gasteiger partial charge in [0.25, 0.3) is 0 Å². The summed E-state index contributed by atoms with van der Waals surface area (Å²) < 4.78 is 18.6. The van der Waals surface area contributed by atoms with E-state index < -0.39 is 9.05 Å². The molecule has 0 heterocycles. The fourth-order valence-corrected chi connectivity index (χ4v) is 0.250. The minimum absolute atomic E-state index is 0. The molecule has 0 aliphatic rings. The normalized spacial score (nSPS) is 9.09. The van der Waals surface area contributed by atoms with Crippen molar-refractivity contribution in [2.75, 3.05) is 0 Å². The molecule has 0 atom stereocenters. The third-order valence-corrected chi connectivity index (χ3v) is 0.604. The summed E-state index contributed by atoms with van der Waals surface area (Å²) in [6, 6.07) is 0. The van der Waals surface area contributed by atoms with Gasteiger partial charge in [-0.2, -0.15) is 6.42 Å². The van der Waals surface area contributed by atoms with Crippen molar-refractivity contribution in [2.24, 2.45) is 0 Å². The molecule has 0 amide bonds. The molecule has 0 bridgehead atoms. The largest absolute Gasteiger partial charge is 3.00 e. The Morgan fingerprint density at radius 1 is 1.45 bits per heavy atom. The van der Waals surface area contributed by atoms with Gasteiger partial charge in [0.1, 0.15) is 9.05 Å². The van der Waals surface area contributed by atoms with Gasteiger partial charge in [-0.1, -0.05) is 19.8 Å². The van der Waals surface area contributed by atoms with Crippen LogP contribution < -0.4 is 0 Å². The van der Waals surface area contributed by atoms with Crippen LogP contribution in [0.3, 0.4) is 0 Å². The quantitative estimate of drug-likeness (QED) is 0.572. The van der Waals surface area contributed by atoms with Crippen molar-refractivity contribution < 1.29 is 41.1 Å². The third-order valence-electron chi connectivity index (χ3n) is 0.604. The number of hydrogen-bond acceptors (Lipinski definition) is 2. The van der Waals surface area contributed by atoms with E-state index in [1.165, 1.54) is 12.8 Å². The van der Waals surface area contributed by atoms with Crippen LogP contribution in [-0.2, 0) is 41.8 Å². The van der Waals surface area contributed by atoms with Crippen LogP contribution >= 0.6 is 10.7 Å². The fraction of sp³-hybridized carbons (Fsp3) is 0.667. The minimum atomic E-state index is -3.44. The number of hydrogen-bond donors (Lipinski definition) is 0. The van der Waals surface area contributed by atoms with E-state index in [0.29, 0.717) is 0 Å². The summed E-state index contributed by atoms with van der Waals surface area (Å²) >= 11 is 0. The molecule has 0 aliphatic carbocycles. The molecule has 5 heteroatoms. The van der Waals surface area contributed by atoms with Crippen molar-refractivity contribution in [1.82, 2.24) is 0 Å². The molecule has 2 nitrogen and oxygen atoms in total. The van der Waals surface area contributed by atoms with Crippen molar-refractivity contribution in [3.05, 3.63) is 13.2 Å². The maximum absolute atomic E-state index is 9.29. The molecular weight excluding hydrogens is 260 g/mol. The molecule has 0 N–H and O–H groups in total. The second-order valence-electron chi connectivity index (χ2n) is 1.75. The van der Waals surface area contributed by atoms with Crippen LogP contribution in [-0.4, -0.2) is 8.42 Å². The molecule has 0 saturated heterocycles. The van der Waals surface area contributed by atoms with Crippen molar-refractivity contribution >= 4 is 19.7 Å². The van der Waals surface area contributed by atoms with Gasteiger partial charge in [-0.3, -0.25) is 0 Å². The monoisotopic (exact) mass is 273 g/mol. The third kappa shape index (κ3) is 88.6. The summed E-state index contributed by atoms with van der Waals surface area (Å²) in [7, 11) is 0.947. The molecule has 0 rings (SSSR count). The van der Waals surface area contributed by atoms with E-state index in [4.69, 9.17) is 0 Å². The van der Waals surface area contributed by atoms with Crippen LogP contribution in [0, 0.1) is 13.2 Å². The Balaban J connectivity index is -0.000000107. The van der Waals surface area contributed by atoms with Gasteiger partial charge in [-0.25, -0.2) is 14.7 Å². The Labute approximate surface area is 99.4 Å². The van der Waals surface area contributed by atoms with E-state index in [0.717, 1.165) is 6.42 Å². The minimum Gasteiger partial charge on any atom is -0.343 e. The molecule has 64 valence electrons. The number of unbranched alkanes of at least 4 members (excludes halogenated alkanes) is 2. The number of rotatable bonds is 2. The van der Waals surface area contributed by atoms with Crippen LogP contribution in [0.25, 0.3) is 0 Å². The van der Waals surface area contributed by atoms with Gasteiger partial charge in [0.15, 0.2) is 0 Å². The summed E-state index contributed by atoms with van der Waals surface area (Å²) in [6.45, 7) is 5.85. The van der Waals surface area contributed by atoms with Gasteiger partial charge in [0.2, 0.25) is 0 Å². The van der Waals surface area contributed by atoms with Gasteiger partial charge in [0.05, 0.1) is 0 Å². The van der Waals surface area contributed by atoms with E-state index in [2.05, 4.69) is 30.8 Å². The second kappa shape index (κ2) is 11.3. The van der Waals surface area contributed by atoms with Crippen LogP contribution in [0.4, 0.5) is 0 Å². The molecule has 0 unspecified atom stereocenters. The zero-order valence-corrected chi connectivity index (χ0v) is 11.1. The summed E-state index contributed by atoms with van der Waals surface area (Å²) in [6.07, 6.45) is 6.16. The van der Waals surface area contributed by atoms with Crippen molar-refractivity contribution in [1.29, 1.82) is 0 Å². The first kappa shape index (κ1) is 18.2. The van der Waals surface area contributed by atoms with Crippen molar-refractivity contribution in [3.63, 3.8) is 0 Å². The van der Waals surface area contributed by atoms with E-state index in [-0.39, 0.29) is 32.7 Å².